The van der Waals surface area contributed by atoms with Crippen molar-refractivity contribution in [2.75, 3.05) is 6.54 Å². The van der Waals surface area contributed by atoms with E-state index in [2.05, 4.69) is 10.3 Å². The Hall–Kier alpha value is -1.51. The quantitative estimate of drug-likeness (QED) is 0.759. The molecule has 0 saturated heterocycles. The van der Waals surface area contributed by atoms with Crippen LogP contribution in [0.2, 0.25) is 0 Å². The van der Waals surface area contributed by atoms with Gasteiger partial charge in [-0.1, -0.05) is 0 Å². The minimum atomic E-state index is -4.55. The summed E-state index contributed by atoms with van der Waals surface area (Å²) in [5.41, 5.74) is 6.48. The van der Waals surface area contributed by atoms with Crippen LogP contribution in [0.25, 0.3) is 11.0 Å². The zero-order valence-corrected chi connectivity index (χ0v) is 16.5. The largest absolute Gasteiger partial charge is 0.449 e. The number of rotatable bonds is 5. The van der Waals surface area contributed by atoms with Crippen LogP contribution >= 0.6 is 24.8 Å². The monoisotopic (exact) mass is 426 g/mol. The number of nitrogens with one attached hydrogen (secondary N) is 1. The molecule has 2 aromatic rings. The number of hydrogen-bond donors (Lipinski definition) is 2. The van der Waals surface area contributed by atoms with Gasteiger partial charge in [0.15, 0.2) is 0 Å². The van der Waals surface area contributed by atoms with Crippen LogP contribution in [0.4, 0.5) is 13.2 Å². The summed E-state index contributed by atoms with van der Waals surface area (Å²) in [7, 11) is 0. The van der Waals surface area contributed by atoms with Gasteiger partial charge in [0.1, 0.15) is 0 Å². The Morgan fingerprint density at radius 2 is 1.96 bits per heavy atom. The molecule has 1 aliphatic rings. The van der Waals surface area contributed by atoms with Crippen LogP contribution < -0.4 is 11.1 Å². The molecule has 27 heavy (non-hydrogen) atoms. The highest BCUT2D eigenvalue weighted by atomic mass is 35.5. The highest BCUT2D eigenvalue weighted by Crippen LogP contribution is 2.34. The van der Waals surface area contributed by atoms with Crippen LogP contribution in [0, 0.1) is 5.92 Å². The van der Waals surface area contributed by atoms with Crippen LogP contribution in [-0.4, -0.2) is 28.0 Å². The minimum Gasteiger partial charge on any atom is -0.348 e. The summed E-state index contributed by atoms with van der Waals surface area (Å²) in [6.07, 6.45) is -2.48. The predicted molar refractivity (Wildman–Crippen MR) is 103 cm³/mol. The smallest absolute Gasteiger partial charge is 0.348 e. The molecule has 1 saturated carbocycles. The standard InChI is InChI=1S/C17H21F3N4O.2ClH/c1-9(2)24-14-6-5-11(7-12(14)23-16(24)17(18,19)20)15(25)22-13(8-21)10-3-4-10;;/h5-7,9-10,13H,3-4,8,21H2,1-2H3,(H,22,25);2*1H. The van der Waals surface area contributed by atoms with Crippen molar-refractivity contribution in [2.24, 2.45) is 11.7 Å². The summed E-state index contributed by atoms with van der Waals surface area (Å²) < 4.78 is 40.9. The molecule has 3 rings (SSSR count). The van der Waals surface area contributed by atoms with Gasteiger partial charge in [0.25, 0.3) is 5.91 Å². The first-order valence-electron chi connectivity index (χ1n) is 8.32. The number of hydrogen-bond acceptors (Lipinski definition) is 3. The third kappa shape index (κ3) is 4.86. The van der Waals surface area contributed by atoms with E-state index < -0.39 is 18.0 Å². The molecule has 0 bridgehead atoms. The lowest BCUT2D eigenvalue weighted by molar-refractivity contribution is -0.147. The van der Waals surface area contributed by atoms with Gasteiger partial charge in [0.05, 0.1) is 11.0 Å². The summed E-state index contributed by atoms with van der Waals surface area (Å²) in [6, 6.07) is 3.94. The number of carbonyl (C=O) groups excluding carboxylic acids is 1. The third-order valence-electron chi connectivity index (χ3n) is 4.48. The molecular weight excluding hydrogens is 404 g/mol. The Balaban J connectivity index is 0.00000182. The highest BCUT2D eigenvalue weighted by Gasteiger charge is 2.38. The van der Waals surface area contributed by atoms with Crippen molar-refractivity contribution in [3.8, 4) is 0 Å². The van der Waals surface area contributed by atoms with Gasteiger partial charge in [-0.15, -0.1) is 24.8 Å². The summed E-state index contributed by atoms with van der Waals surface area (Å²) in [4.78, 5) is 16.1. The van der Waals surface area contributed by atoms with E-state index in [0.29, 0.717) is 18.0 Å². The van der Waals surface area contributed by atoms with Crippen LogP contribution in [0.5, 0.6) is 0 Å². The van der Waals surface area contributed by atoms with Gasteiger partial charge in [-0.2, -0.15) is 13.2 Å². The summed E-state index contributed by atoms with van der Waals surface area (Å²) in [6.45, 7) is 3.68. The van der Waals surface area contributed by atoms with Gasteiger partial charge < -0.3 is 15.6 Å². The van der Waals surface area contributed by atoms with E-state index in [1.165, 1.54) is 18.2 Å². The molecule has 0 radical (unpaired) electrons. The Labute approximate surface area is 167 Å². The van der Waals surface area contributed by atoms with Crippen LogP contribution in [0.3, 0.4) is 0 Å². The molecular formula is C17H23Cl2F3N4O. The zero-order valence-electron chi connectivity index (χ0n) is 14.9. The van der Waals surface area contributed by atoms with Gasteiger partial charge in [-0.3, -0.25) is 4.79 Å². The number of alkyl halides is 3. The number of fused-ring (bicyclic) bond motifs is 1. The lowest BCUT2D eigenvalue weighted by Crippen LogP contribution is -2.41. The van der Waals surface area contributed by atoms with E-state index >= 15 is 0 Å². The molecule has 152 valence electrons. The van der Waals surface area contributed by atoms with Crippen LogP contribution in [-0.2, 0) is 6.18 Å². The first kappa shape index (κ1) is 23.5. The molecule has 1 atom stereocenters. The van der Waals surface area contributed by atoms with Crippen molar-refractivity contribution in [1.29, 1.82) is 0 Å². The van der Waals surface area contributed by atoms with Gasteiger partial charge >= 0.3 is 6.18 Å². The predicted octanol–water partition coefficient (Wildman–Crippen LogP) is 3.95. The molecule has 0 aliphatic heterocycles. The highest BCUT2D eigenvalue weighted by molar-refractivity contribution is 5.97. The van der Waals surface area contributed by atoms with Crippen molar-refractivity contribution in [3.63, 3.8) is 0 Å². The van der Waals surface area contributed by atoms with E-state index in [1.54, 1.807) is 13.8 Å². The zero-order chi connectivity index (χ0) is 18.4. The van der Waals surface area contributed by atoms with Crippen molar-refractivity contribution in [2.45, 2.75) is 44.9 Å². The van der Waals surface area contributed by atoms with Crippen LogP contribution in [0.1, 0.15) is 48.9 Å². The average Bonchev–Trinajstić information content (AvgIpc) is 3.29. The summed E-state index contributed by atoms with van der Waals surface area (Å²) in [5, 5.41) is 2.86. The molecule has 0 spiro atoms. The Bertz CT molecular complexity index is 803. The van der Waals surface area contributed by atoms with E-state index in [0.717, 1.165) is 17.4 Å². The first-order valence-corrected chi connectivity index (χ1v) is 8.32. The molecule has 3 N–H and O–H groups in total. The van der Waals surface area contributed by atoms with Crippen molar-refractivity contribution < 1.29 is 18.0 Å². The number of nitrogens with zero attached hydrogens (tertiary/aromatic N) is 2. The maximum absolute atomic E-state index is 13.2. The molecule has 1 aromatic carbocycles. The van der Waals surface area contributed by atoms with Gasteiger partial charge in [-0.05, 0) is 50.8 Å². The van der Waals surface area contributed by atoms with E-state index in [4.69, 9.17) is 5.73 Å². The Morgan fingerprint density at radius 1 is 1.33 bits per heavy atom. The van der Waals surface area contributed by atoms with Crippen molar-refractivity contribution in [1.82, 2.24) is 14.9 Å². The number of benzene rings is 1. The first-order chi connectivity index (χ1) is 11.7. The third-order valence-corrected chi connectivity index (χ3v) is 4.48. The second kappa shape index (κ2) is 8.67. The second-order valence-electron chi connectivity index (χ2n) is 6.75. The maximum atomic E-state index is 13.2. The van der Waals surface area contributed by atoms with E-state index in [9.17, 15) is 18.0 Å². The van der Waals surface area contributed by atoms with Crippen LogP contribution in [0.15, 0.2) is 18.2 Å². The molecule has 1 heterocycles. The molecule has 1 fully saturated rings. The van der Waals surface area contributed by atoms with Crippen molar-refractivity contribution >= 4 is 41.8 Å². The van der Waals surface area contributed by atoms with Gasteiger partial charge in [-0.25, -0.2) is 4.98 Å². The number of carbonyl (C=O) groups is 1. The van der Waals surface area contributed by atoms with E-state index in [1.807, 2.05) is 0 Å². The molecule has 1 amide bonds. The molecule has 1 unspecified atom stereocenters. The second-order valence-corrected chi connectivity index (χ2v) is 6.75. The topological polar surface area (TPSA) is 72.9 Å². The molecule has 10 heteroatoms. The fourth-order valence-corrected chi connectivity index (χ4v) is 3.08. The lowest BCUT2D eigenvalue weighted by Gasteiger charge is -2.16. The minimum absolute atomic E-state index is 0. The molecule has 5 nitrogen and oxygen atoms in total. The summed E-state index contributed by atoms with van der Waals surface area (Å²) in [5.74, 6) is -0.889. The SMILES string of the molecule is CC(C)n1c(C(F)(F)F)nc2cc(C(=O)NC(CN)C3CC3)ccc21.Cl.Cl. The Morgan fingerprint density at radius 3 is 2.44 bits per heavy atom. The fourth-order valence-electron chi connectivity index (χ4n) is 3.08. The van der Waals surface area contributed by atoms with Gasteiger partial charge in [0, 0.05) is 24.2 Å². The molecule has 1 aliphatic carbocycles. The number of amides is 1. The average molecular weight is 427 g/mol. The normalized spacial score (nSPS) is 15.2. The lowest BCUT2D eigenvalue weighted by atomic mass is 10.1. The van der Waals surface area contributed by atoms with Crippen molar-refractivity contribution in [3.05, 3.63) is 29.6 Å². The number of imidazole rings is 1. The fraction of sp³-hybridized carbons (Fsp3) is 0.529. The Kier molecular flexibility index (Phi) is 7.55. The summed E-state index contributed by atoms with van der Waals surface area (Å²) >= 11 is 0. The number of nitrogens with two attached hydrogens (primary N) is 1. The van der Waals surface area contributed by atoms with Gasteiger partial charge in [0.2, 0.25) is 5.82 Å². The molecule has 1 aromatic heterocycles. The number of halogens is 5. The van der Waals surface area contributed by atoms with E-state index in [-0.39, 0.29) is 47.8 Å². The number of aromatic nitrogens is 2. The maximum Gasteiger partial charge on any atom is 0.449 e.